The predicted octanol–water partition coefficient (Wildman–Crippen LogP) is 5.03. The number of amides is 1. The first-order valence-electron chi connectivity index (χ1n) is 14.4. The molecular formula is C33H29N7O4. The van der Waals surface area contributed by atoms with Gasteiger partial charge >= 0.3 is 0 Å². The van der Waals surface area contributed by atoms with Crippen LogP contribution in [0.3, 0.4) is 0 Å². The van der Waals surface area contributed by atoms with E-state index in [1.54, 1.807) is 0 Å². The molecule has 7 rings (SSSR count). The second-order valence-electron chi connectivity index (χ2n) is 10.3. The molecule has 220 valence electrons. The van der Waals surface area contributed by atoms with Crippen LogP contribution in [-0.4, -0.2) is 56.0 Å². The van der Waals surface area contributed by atoms with Gasteiger partial charge in [-0.2, -0.15) is 10.2 Å². The first-order valence-corrected chi connectivity index (χ1v) is 14.4. The Morgan fingerprint density at radius 2 is 1.77 bits per heavy atom. The van der Waals surface area contributed by atoms with Gasteiger partial charge in [-0.25, -0.2) is 0 Å². The van der Waals surface area contributed by atoms with Crippen LogP contribution in [0.25, 0.3) is 33.5 Å². The van der Waals surface area contributed by atoms with E-state index in [9.17, 15) is 4.79 Å². The smallest absolute Gasteiger partial charge is 0.297 e. The van der Waals surface area contributed by atoms with E-state index in [2.05, 4.69) is 50.2 Å². The Balaban J connectivity index is 1.13. The SMILES string of the molecule is CCOc1nc2cccc(C(=O)NCCc3ccc4c(c3)OCO4)c2n1Cc1ccc(-c2ccccc2-c2nn[nH]n2)cc1. The number of carbonyl (C=O) groups is 1. The molecule has 0 radical (unpaired) electrons. The summed E-state index contributed by atoms with van der Waals surface area (Å²) in [6.45, 7) is 3.54. The topological polar surface area (TPSA) is 129 Å². The van der Waals surface area contributed by atoms with Crippen molar-refractivity contribution in [1.82, 2.24) is 35.5 Å². The summed E-state index contributed by atoms with van der Waals surface area (Å²) in [6, 6.07) is 28.1. The molecule has 0 saturated carbocycles. The number of nitrogens with one attached hydrogen (secondary N) is 2. The van der Waals surface area contributed by atoms with Gasteiger partial charge in [0.2, 0.25) is 12.6 Å². The Hall–Kier alpha value is -5.71. The van der Waals surface area contributed by atoms with Crippen LogP contribution in [-0.2, 0) is 13.0 Å². The Kier molecular flexibility index (Phi) is 7.33. The standard InChI is InChI=1S/C33H29N7O4/c1-2-42-33-35-27-9-5-8-26(32(41)34-17-16-21-12-15-28-29(18-21)44-20-43-28)30(27)40(33)19-22-10-13-23(14-11-22)24-6-3-4-7-25(24)31-36-38-39-37-31/h3-15,18H,2,16-17,19-20H2,1H3,(H,34,41)(H,36,37,38,39). The number of hydrogen-bond acceptors (Lipinski definition) is 8. The fourth-order valence-corrected chi connectivity index (χ4v) is 5.42. The number of ether oxygens (including phenoxy) is 3. The zero-order valence-electron chi connectivity index (χ0n) is 24.0. The van der Waals surface area contributed by atoms with Gasteiger partial charge in [0.1, 0.15) is 0 Å². The fourth-order valence-electron chi connectivity index (χ4n) is 5.42. The average molecular weight is 588 g/mol. The molecule has 0 aliphatic carbocycles. The average Bonchev–Trinajstić information content (AvgIpc) is 3.83. The van der Waals surface area contributed by atoms with Crippen LogP contribution in [0.2, 0.25) is 0 Å². The van der Waals surface area contributed by atoms with Gasteiger partial charge in [-0.05, 0) is 65.1 Å². The summed E-state index contributed by atoms with van der Waals surface area (Å²) in [4.78, 5) is 18.2. The highest BCUT2D eigenvalue weighted by atomic mass is 16.7. The number of fused-ring (bicyclic) bond motifs is 2. The molecule has 3 heterocycles. The van der Waals surface area contributed by atoms with Gasteiger partial charge in [-0.3, -0.25) is 9.36 Å². The van der Waals surface area contributed by atoms with E-state index in [1.165, 1.54) is 0 Å². The van der Waals surface area contributed by atoms with E-state index >= 15 is 0 Å². The number of imidazole rings is 1. The molecule has 6 aromatic rings. The van der Waals surface area contributed by atoms with Crippen molar-refractivity contribution in [2.45, 2.75) is 19.9 Å². The van der Waals surface area contributed by atoms with Gasteiger partial charge in [0.05, 0.1) is 29.7 Å². The predicted molar refractivity (Wildman–Crippen MR) is 164 cm³/mol. The van der Waals surface area contributed by atoms with Gasteiger partial charge in [-0.1, -0.05) is 60.7 Å². The third-order valence-electron chi connectivity index (χ3n) is 7.50. The number of tetrazole rings is 1. The van der Waals surface area contributed by atoms with Gasteiger partial charge in [0.25, 0.3) is 11.9 Å². The molecule has 2 N–H and O–H groups in total. The van der Waals surface area contributed by atoms with Gasteiger partial charge in [-0.15, -0.1) is 10.2 Å². The maximum atomic E-state index is 13.5. The largest absolute Gasteiger partial charge is 0.465 e. The van der Waals surface area contributed by atoms with Gasteiger partial charge < -0.3 is 19.5 Å². The molecule has 0 unspecified atom stereocenters. The highest BCUT2D eigenvalue weighted by Gasteiger charge is 2.20. The van der Waals surface area contributed by atoms with E-state index in [0.29, 0.717) is 49.0 Å². The monoisotopic (exact) mass is 587 g/mol. The molecule has 0 atom stereocenters. The van der Waals surface area contributed by atoms with Crippen molar-refractivity contribution >= 4 is 16.9 Å². The lowest BCUT2D eigenvalue weighted by Gasteiger charge is -2.13. The van der Waals surface area contributed by atoms with Crippen molar-refractivity contribution in [3.05, 3.63) is 102 Å². The molecule has 11 heteroatoms. The van der Waals surface area contributed by atoms with E-state index < -0.39 is 0 Å². The quantitative estimate of drug-likeness (QED) is 0.228. The number of benzene rings is 4. The van der Waals surface area contributed by atoms with Crippen LogP contribution in [0, 0.1) is 0 Å². The van der Waals surface area contributed by atoms with Crippen LogP contribution in [0.15, 0.2) is 84.9 Å². The molecule has 1 aliphatic heterocycles. The number of H-pyrrole nitrogens is 1. The summed E-state index contributed by atoms with van der Waals surface area (Å²) in [5, 5.41) is 17.6. The minimum absolute atomic E-state index is 0.172. The van der Waals surface area contributed by atoms with Crippen LogP contribution in [0.4, 0.5) is 0 Å². The van der Waals surface area contributed by atoms with Gasteiger partial charge in [0.15, 0.2) is 11.5 Å². The highest BCUT2D eigenvalue weighted by Crippen LogP contribution is 2.33. The number of aromatic nitrogens is 6. The first kappa shape index (κ1) is 27.1. The molecule has 4 aromatic carbocycles. The lowest BCUT2D eigenvalue weighted by atomic mass is 9.98. The Labute approximate surface area is 252 Å². The number of para-hydroxylation sites is 1. The summed E-state index contributed by atoms with van der Waals surface area (Å²) in [5.41, 5.74) is 6.97. The summed E-state index contributed by atoms with van der Waals surface area (Å²) in [7, 11) is 0. The lowest BCUT2D eigenvalue weighted by Crippen LogP contribution is -2.26. The highest BCUT2D eigenvalue weighted by molar-refractivity contribution is 6.05. The Morgan fingerprint density at radius 1 is 0.955 bits per heavy atom. The van der Waals surface area contributed by atoms with Crippen LogP contribution in [0.1, 0.15) is 28.4 Å². The second-order valence-corrected chi connectivity index (χ2v) is 10.3. The van der Waals surface area contributed by atoms with E-state index in [1.807, 2.05) is 72.2 Å². The van der Waals surface area contributed by atoms with E-state index in [0.717, 1.165) is 44.8 Å². The van der Waals surface area contributed by atoms with Crippen LogP contribution in [0.5, 0.6) is 17.5 Å². The zero-order chi connectivity index (χ0) is 29.9. The molecule has 0 bridgehead atoms. The third kappa shape index (κ3) is 5.31. The van der Waals surface area contributed by atoms with Crippen LogP contribution >= 0.6 is 0 Å². The Bertz CT molecular complexity index is 1930. The lowest BCUT2D eigenvalue weighted by molar-refractivity contribution is 0.0955. The van der Waals surface area contributed by atoms with E-state index in [4.69, 9.17) is 19.2 Å². The maximum absolute atomic E-state index is 13.5. The molecule has 1 amide bonds. The first-order chi connectivity index (χ1) is 21.7. The van der Waals surface area contributed by atoms with Crippen molar-refractivity contribution < 1.29 is 19.0 Å². The summed E-state index contributed by atoms with van der Waals surface area (Å²) < 4.78 is 18.8. The van der Waals surface area contributed by atoms with Crippen LogP contribution < -0.4 is 19.5 Å². The molecular weight excluding hydrogens is 558 g/mol. The van der Waals surface area contributed by atoms with E-state index in [-0.39, 0.29) is 12.7 Å². The minimum atomic E-state index is -0.172. The molecule has 44 heavy (non-hydrogen) atoms. The minimum Gasteiger partial charge on any atom is -0.465 e. The summed E-state index contributed by atoms with van der Waals surface area (Å²) in [6.07, 6.45) is 0.657. The summed E-state index contributed by atoms with van der Waals surface area (Å²) in [5.74, 6) is 1.84. The maximum Gasteiger partial charge on any atom is 0.297 e. The van der Waals surface area contributed by atoms with Crippen molar-refractivity contribution in [3.63, 3.8) is 0 Å². The van der Waals surface area contributed by atoms with Crippen molar-refractivity contribution in [1.29, 1.82) is 0 Å². The fraction of sp³-hybridized carbons (Fsp3) is 0.182. The van der Waals surface area contributed by atoms with Crippen molar-refractivity contribution in [2.75, 3.05) is 19.9 Å². The number of nitrogens with zero attached hydrogens (tertiary/aromatic N) is 5. The second kappa shape index (κ2) is 11.9. The van der Waals surface area contributed by atoms with Gasteiger partial charge in [0, 0.05) is 12.1 Å². The molecule has 0 saturated heterocycles. The number of rotatable bonds is 10. The number of aromatic amines is 1. The zero-order valence-corrected chi connectivity index (χ0v) is 24.0. The number of hydrogen-bond donors (Lipinski definition) is 2. The normalized spacial score (nSPS) is 12.0. The molecule has 0 fully saturated rings. The molecule has 11 nitrogen and oxygen atoms in total. The molecule has 2 aromatic heterocycles. The molecule has 0 spiro atoms. The summed E-state index contributed by atoms with van der Waals surface area (Å²) >= 11 is 0. The van der Waals surface area contributed by atoms with Crippen molar-refractivity contribution in [2.24, 2.45) is 0 Å². The Morgan fingerprint density at radius 3 is 2.59 bits per heavy atom. The number of carbonyl (C=O) groups excluding carboxylic acids is 1. The third-order valence-corrected chi connectivity index (χ3v) is 7.50. The molecule has 1 aliphatic rings. The van der Waals surface area contributed by atoms with Crippen molar-refractivity contribution in [3.8, 4) is 40.0 Å².